The van der Waals surface area contributed by atoms with Gasteiger partial charge in [-0.25, -0.2) is 0 Å². The molecule has 0 aromatic carbocycles. The highest BCUT2D eigenvalue weighted by molar-refractivity contribution is 4.67. The van der Waals surface area contributed by atoms with E-state index in [0.717, 1.165) is 19.1 Å². The number of hydrogen-bond acceptors (Lipinski definition) is 3. The minimum atomic E-state index is 0.210. The fourth-order valence-corrected chi connectivity index (χ4v) is 2.21. The van der Waals surface area contributed by atoms with Crippen LogP contribution in [0.3, 0.4) is 0 Å². The SMILES string of the molecule is CNCC(COC)OCC1CCCCC1. The molecule has 0 aromatic heterocycles. The summed E-state index contributed by atoms with van der Waals surface area (Å²) in [5.41, 5.74) is 0. The van der Waals surface area contributed by atoms with Crippen LogP contribution in [0.4, 0.5) is 0 Å². The maximum absolute atomic E-state index is 5.87. The van der Waals surface area contributed by atoms with Gasteiger partial charge >= 0.3 is 0 Å². The molecule has 1 atom stereocenters. The van der Waals surface area contributed by atoms with Crippen LogP contribution in [0.5, 0.6) is 0 Å². The Morgan fingerprint density at radius 1 is 1.27 bits per heavy atom. The van der Waals surface area contributed by atoms with E-state index in [4.69, 9.17) is 9.47 Å². The number of methoxy groups -OCH3 is 1. The first-order chi connectivity index (χ1) is 7.36. The van der Waals surface area contributed by atoms with Crippen LogP contribution in [0.15, 0.2) is 0 Å². The van der Waals surface area contributed by atoms with E-state index in [-0.39, 0.29) is 6.10 Å². The fraction of sp³-hybridized carbons (Fsp3) is 1.00. The van der Waals surface area contributed by atoms with Crippen molar-refractivity contribution in [3.8, 4) is 0 Å². The number of ether oxygens (including phenoxy) is 2. The Morgan fingerprint density at radius 2 is 2.00 bits per heavy atom. The molecule has 0 aromatic rings. The van der Waals surface area contributed by atoms with E-state index in [2.05, 4.69) is 5.32 Å². The topological polar surface area (TPSA) is 30.5 Å². The van der Waals surface area contributed by atoms with Crippen molar-refractivity contribution >= 4 is 0 Å². The summed E-state index contributed by atoms with van der Waals surface area (Å²) in [7, 11) is 3.68. The predicted molar refractivity (Wildman–Crippen MR) is 62.1 cm³/mol. The lowest BCUT2D eigenvalue weighted by atomic mass is 9.90. The maximum atomic E-state index is 5.87. The van der Waals surface area contributed by atoms with E-state index < -0.39 is 0 Å². The average Bonchev–Trinajstić information content (AvgIpc) is 2.28. The molecule has 0 aliphatic heterocycles. The molecule has 0 heterocycles. The van der Waals surface area contributed by atoms with Crippen LogP contribution in [-0.4, -0.2) is 40.0 Å². The van der Waals surface area contributed by atoms with Crippen LogP contribution in [0, 0.1) is 5.92 Å². The van der Waals surface area contributed by atoms with Crippen molar-refractivity contribution in [2.75, 3.05) is 33.9 Å². The fourth-order valence-electron chi connectivity index (χ4n) is 2.21. The molecule has 1 fully saturated rings. The highest BCUT2D eigenvalue weighted by Crippen LogP contribution is 2.23. The number of rotatable bonds is 7. The smallest absolute Gasteiger partial charge is 0.0932 e. The van der Waals surface area contributed by atoms with E-state index >= 15 is 0 Å². The summed E-state index contributed by atoms with van der Waals surface area (Å²) >= 11 is 0. The van der Waals surface area contributed by atoms with Crippen molar-refractivity contribution in [1.82, 2.24) is 5.32 Å². The summed E-state index contributed by atoms with van der Waals surface area (Å²) in [5, 5.41) is 3.14. The Hall–Kier alpha value is -0.120. The minimum Gasteiger partial charge on any atom is -0.382 e. The number of hydrogen-bond donors (Lipinski definition) is 1. The highest BCUT2D eigenvalue weighted by Gasteiger charge is 2.16. The molecule has 90 valence electrons. The van der Waals surface area contributed by atoms with Crippen molar-refractivity contribution in [2.24, 2.45) is 5.92 Å². The first-order valence-electron chi connectivity index (χ1n) is 6.12. The molecule has 1 unspecified atom stereocenters. The Bertz CT molecular complexity index is 141. The normalized spacial score (nSPS) is 20.4. The molecule has 0 saturated heterocycles. The molecule has 3 heteroatoms. The molecule has 1 aliphatic carbocycles. The molecule has 15 heavy (non-hydrogen) atoms. The van der Waals surface area contributed by atoms with Crippen LogP contribution < -0.4 is 5.32 Å². The number of nitrogens with one attached hydrogen (secondary N) is 1. The van der Waals surface area contributed by atoms with Gasteiger partial charge in [-0.1, -0.05) is 19.3 Å². The molecule has 0 bridgehead atoms. The molecule has 0 spiro atoms. The van der Waals surface area contributed by atoms with Gasteiger partial charge in [0.15, 0.2) is 0 Å². The van der Waals surface area contributed by atoms with Crippen LogP contribution in [-0.2, 0) is 9.47 Å². The predicted octanol–water partition coefficient (Wildman–Crippen LogP) is 1.82. The van der Waals surface area contributed by atoms with Gasteiger partial charge in [0.05, 0.1) is 12.7 Å². The van der Waals surface area contributed by atoms with Gasteiger partial charge in [0.1, 0.15) is 0 Å². The monoisotopic (exact) mass is 215 g/mol. The maximum Gasteiger partial charge on any atom is 0.0932 e. The van der Waals surface area contributed by atoms with Crippen LogP contribution in [0.1, 0.15) is 32.1 Å². The summed E-state index contributed by atoms with van der Waals surface area (Å²) in [6.07, 6.45) is 7.08. The van der Waals surface area contributed by atoms with Crippen molar-refractivity contribution in [1.29, 1.82) is 0 Å². The third-order valence-electron chi connectivity index (χ3n) is 3.08. The second kappa shape index (κ2) is 8.08. The van der Waals surface area contributed by atoms with Crippen LogP contribution in [0.2, 0.25) is 0 Å². The van der Waals surface area contributed by atoms with E-state index in [1.54, 1.807) is 7.11 Å². The minimum absolute atomic E-state index is 0.210. The Labute approximate surface area is 93.5 Å². The summed E-state index contributed by atoms with van der Waals surface area (Å²) < 4.78 is 11.0. The van der Waals surface area contributed by atoms with Crippen molar-refractivity contribution in [2.45, 2.75) is 38.2 Å². The summed E-state index contributed by atoms with van der Waals surface area (Å²) in [6, 6.07) is 0. The van der Waals surface area contributed by atoms with Gasteiger partial charge < -0.3 is 14.8 Å². The van der Waals surface area contributed by atoms with E-state index in [1.165, 1.54) is 32.1 Å². The third kappa shape index (κ3) is 5.50. The lowest BCUT2D eigenvalue weighted by Crippen LogP contribution is -2.32. The zero-order chi connectivity index (χ0) is 10.9. The van der Waals surface area contributed by atoms with Gasteiger partial charge in [-0.15, -0.1) is 0 Å². The van der Waals surface area contributed by atoms with Crippen molar-refractivity contribution in [3.05, 3.63) is 0 Å². The highest BCUT2D eigenvalue weighted by atomic mass is 16.5. The zero-order valence-electron chi connectivity index (χ0n) is 10.1. The Morgan fingerprint density at radius 3 is 2.60 bits per heavy atom. The molecule has 1 aliphatic rings. The lowest BCUT2D eigenvalue weighted by Gasteiger charge is -2.24. The van der Waals surface area contributed by atoms with E-state index in [9.17, 15) is 0 Å². The molecule has 1 saturated carbocycles. The van der Waals surface area contributed by atoms with Gasteiger partial charge in [0, 0.05) is 20.3 Å². The first kappa shape index (κ1) is 12.9. The number of likely N-dealkylation sites (N-methyl/N-ethyl adjacent to an activating group) is 1. The second-order valence-corrected chi connectivity index (χ2v) is 4.47. The zero-order valence-corrected chi connectivity index (χ0v) is 10.1. The third-order valence-corrected chi connectivity index (χ3v) is 3.08. The molecule has 0 amide bonds. The molecule has 3 nitrogen and oxygen atoms in total. The van der Waals surface area contributed by atoms with Crippen LogP contribution in [0.25, 0.3) is 0 Å². The first-order valence-corrected chi connectivity index (χ1v) is 6.12. The van der Waals surface area contributed by atoms with Gasteiger partial charge in [-0.3, -0.25) is 0 Å². The summed E-state index contributed by atoms with van der Waals surface area (Å²) in [4.78, 5) is 0. The van der Waals surface area contributed by atoms with Gasteiger partial charge in [0.25, 0.3) is 0 Å². The Kier molecular flexibility index (Phi) is 6.98. The van der Waals surface area contributed by atoms with Gasteiger partial charge in [-0.05, 0) is 25.8 Å². The molecular formula is C12H25NO2. The van der Waals surface area contributed by atoms with Gasteiger partial charge in [-0.2, -0.15) is 0 Å². The molecule has 0 radical (unpaired) electrons. The van der Waals surface area contributed by atoms with Gasteiger partial charge in [0.2, 0.25) is 0 Å². The average molecular weight is 215 g/mol. The largest absolute Gasteiger partial charge is 0.382 e. The lowest BCUT2D eigenvalue weighted by molar-refractivity contribution is -0.0199. The van der Waals surface area contributed by atoms with E-state index in [0.29, 0.717) is 6.61 Å². The van der Waals surface area contributed by atoms with E-state index in [1.807, 2.05) is 7.05 Å². The molecule has 1 N–H and O–H groups in total. The second-order valence-electron chi connectivity index (χ2n) is 4.47. The standard InChI is InChI=1S/C12H25NO2/c1-13-8-12(10-14-2)15-9-11-6-4-3-5-7-11/h11-13H,3-10H2,1-2H3. The van der Waals surface area contributed by atoms with Crippen molar-refractivity contribution in [3.63, 3.8) is 0 Å². The summed E-state index contributed by atoms with van der Waals surface area (Å²) in [5.74, 6) is 0.787. The van der Waals surface area contributed by atoms with Crippen LogP contribution >= 0.6 is 0 Å². The summed E-state index contributed by atoms with van der Waals surface area (Å²) in [6.45, 7) is 2.48. The Balaban J connectivity index is 2.13. The molecule has 1 rings (SSSR count). The molecular weight excluding hydrogens is 190 g/mol. The quantitative estimate of drug-likeness (QED) is 0.702. The van der Waals surface area contributed by atoms with Crippen molar-refractivity contribution < 1.29 is 9.47 Å².